The van der Waals surface area contributed by atoms with Crippen LogP contribution in [0.25, 0.3) is 10.9 Å². The first kappa shape index (κ1) is 18.5. The van der Waals surface area contributed by atoms with Gasteiger partial charge in [-0.2, -0.15) is 0 Å². The summed E-state index contributed by atoms with van der Waals surface area (Å²) >= 11 is 0. The summed E-state index contributed by atoms with van der Waals surface area (Å²) in [6, 6.07) is 12.6. The van der Waals surface area contributed by atoms with E-state index in [0.717, 1.165) is 41.0 Å². The van der Waals surface area contributed by atoms with Crippen molar-refractivity contribution < 1.29 is 4.74 Å². The van der Waals surface area contributed by atoms with Crippen LogP contribution in [0.2, 0.25) is 0 Å². The number of methoxy groups -OCH3 is 1. The summed E-state index contributed by atoms with van der Waals surface area (Å²) in [6.45, 7) is 6.62. The van der Waals surface area contributed by atoms with Crippen molar-refractivity contribution in [1.82, 2.24) is 9.97 Å². The Hall–Kier alpha value is -2.82. The van der Waals surface area contributed by atoms with Gasteiger partial charge in [0, 0.05) is 41.6 Å². The van der Waals surface area contributed by atoms with Crippen LogP contribution in [0.3, 0.4) is 0 Å². The van der Waals surface area contributed by atoms with Crippen molar-refractivity contribution in [3.8, 4) is 5.75 Å². The number of anilines is 3. The number of hydrogen-bond donors (Lipinski definition) is 1. The van der Waals surface area contributed by atoms with Crippen LogP contribution in [-0.2, 0) is 0 Å². The highest BCUT2D eigenvalue weighted by atomic mass is 16.5. The maximum absolute atomic E-state index is 5.56. The molecule has 1 saturated heterocycles. The highest BCUT2D eigenvalue weighted by Crippen LogP contribution is 2.33. The molecule has 2 aromatic carbocycles. The van der Waals surface area contributed by atoms with Gasteiger partial charge in [0.25, 0.3) is 0 Å². The zero-order chi connectivity index (χ0) is 19.5. The summed E-state index contributed by atoms with van der Waals surface area (Å²) in [5, 5.41) is 4.37. The van der Waals surface area contributed by atoms with Gasteiger partial charge in [-0.15, -0.1) is 0 Å². The van der Waals surface area contributed by atoms with E-state index >= 15 is 0 Å². The fourth-order valence-electron chi connectivity index (χ4n) is 3.93. The van der Waals surface area contributed by atoms with E-state index in [1.807, 2.05) is 18.3 Å². The van der Waals surface area contributed by atoms with Crippen molar-refractivity contribution in [2.75, 3.05) is 30.4 Å². The molecule has 28 heavy (non-hydrogen) atoms. The van der Waals surface area contributed by atoms with Crippen molar-refractivity contribution in [3.05, 3.63) is 48.2 Å². The van der Waals surface area contributed by atoms with Gasteiger partial charge in [-0.1, -0.05) is 13.8 Å². The number of rotatable bonds is 5. The highest BCUT2D eigenvalue weighted by Gasteiger charge is 2.15. The Morgan fingerprint density at radius 2 is 1.75 bits per heavy atom. The van der Waals surface area contributed by atoms with Crippen LogP contribution < -0.4 is 15.0 Å². The lowest BCUT2D eigenvalue weighted by atomic mass is 9.99. The zero-order valence-electron chi connectivity index (χ0n) is 16.9. The van der Waals surface area contributed by atoms with Crippen LogP contribution in [0, 0.1) is 0 Å². The summed E-state index contributed by atoms with van der Waals surface area (Å²) in [5.41, 5.74) is 4.34. The van der Waals surface area contributed by atoms with E-state index in [1.165, 1.54) is 24.9 Å². The molecule has 1 aliphatic rings. The predicted molar refractivity (Wildman–Crippen MR) is 116 cm³/mol. The average molecular weight is 377 g/mol. The minimum atomic E-state index is 0.310. The molecule has 5 nitrogen and oxygen atoms in total. The molecule has 1 aromatic heterocycles. The number of fused-ring (bicyclic) bond motifs is 1. The summed E-state index contributed by atoms with van der Waals surface area (Å²) in [5.74, 6) is 1.79. The maximum Gasteiger partial charge on any atom is 0.227 e. The molecule has 146 valence electrons. The highest BCUT2D eigenvalue weighted by molar-refractivity contribution is 5.85. The molecular weight excluding hydrogens is 348 g/mol. The molecule has 1 N–H and O–H groups in total. The topological polar surface area (TPSA) is 50.3 Å². The maximum atomic E-state index is 5.56. The van der Waals surface area contributed by atoms with Gasteiger partial charge in [0.15, 0.2) is 0 Å². The molecule has 1 fully saturated rings. The van der Waals surface area contributed by atoms with Gasteiger partial charge >= 0.3 is 0 Å². The van der Waals surface area contributed by atoms with Crippen LogP contribution in [0.15, 0.2) is 42.6 Å². The minimum absolute atomic E-state index is 0.310. The second-order valence-corrected chi connectivity index (χ2v) is 7.69. The molecule has 3 aromatic rings. The Balaban J connectivity index is 1.60. The third kappa shape index (κ3) is 3.75. The smallest absolute Gasteiger partial charge is 0.227 e. The van der Waals surface area contributed by atoms with Crippen molar-refractivity contribution in [1.29, 1.82) is 0 Å². The van der Waals surface area contributed by atoms with Crippen LogP contribution in [-0.4, -0.2) is 30.2 Å². The average Bonchev–Trinajstić information content (AvgIpc) is 2.73. The standard InChI is InChI=1S/C23H28N4O/c1-16(2)21-20(28-3)12-7-17-15-24-23(26-22(17)21)25-18-8-10-19(11-9-18)27-13-5-4-6-14-27/h7-12,15-16H,4-6,13-14H2,1-3H3,(H,24,25,26). The second kappa shape index (κ2) is 8.05. The SMILES string of the molecule is COc1ccc2cnc(Nc3ccc(N4CCCCC4)cc3)nc2c1C(C)C. The summed E-state index contributed by atoms with van der Waals surface area (Å²) in [7, 11) is 1.71. The van der Waals surface area contributed by atoms with E-state index in [1.54, 1.807) is 7.11 Å². The van der Waals surface area contributed by atoms with E-state index in [-0.39, 0.29) is 0 Å². The van der Waals surface area contributed by atoms with Crippen molar-refractivity contribution in [2.45, 2.75) is 39.0 Å². The second-order valence-electron chi connectivity index (χ2n) is 7.69. The third-order valence-corrected chi connectivity index (χ3v) is 5.39. The molecule has 0 radical (unpaired) electrons. The number of ether oxygens (including phenoxy) is 1. The fraction of sp³-hybridized carbons (Fsp3) is 0.391. The van der Waals surface area contributed by atoms with Gasteiger partial charge in [0.1, 0.15) is 5.75 Å². The predicted octanol–water partition coefficient (Wildman–Crippen LogP) is 5.50. The lowest BCUT2D eigenvalue weighted by Crippen LogP contribution is -2.29. The van der Waals surface area contributed by atoms with Crippen molar-refractivity contribution in [3.63, 3.8) is 0 Å². The number of benzene rings is 2. The van der Waals surface area contributed by atoms with E-state index in [0.29, 0.717) is 11.9 Å². The van der Waals surface area contributed by atoms with E-state index < -0.39 is 0 Å². The quantitative estimate of drug-likeness (QED) is 0.637. The first-order valence-corrected chi connectivity index (χ1v) is 10.1. The van der Waals surface area contributed by atoms with Crippen LogP contribution in [0.1, 0.15) is 44.6 Å². The van der Waals surface area contributed by atoms with Gasteiger partial charge < -0.3 is 15.0 Å². The Morgan fingerprint density at radius 3 is 2.43 bits per heavy atom. The fourth-order valence-corrected chi connectivity index (χ4v) is 3.93. The number of nitrogens with one attached hydrogen (secondary N) is 1. The molecule has 0 bridgehead atoms. The largest absolute Gasteiger partial charge is 0.496 e. The number of hydrogen-bond acceptors (Lipinski definition) is 5. The lowest BCUT2D eigenvalue weighted by molar-refractivity contribution is 0.408. The van der Waals surface area contributed by atoms with Gasteiger partial charge in [-0.25, -0.2) is 9.97 Å². The van der Waals surface area contributed by atoms with Crippen LogP contribution >= 0.6 is 0 Å². The Morgan fingerprint density at radius 1 is 1.00 bits per heavy atom. The first-order chi connectivity index (χ1) is 13.7. The van der Waals surface area contributed by atoms with E-state index in [2.05, 4.69) is 53.3 Å². The molecule has 0 saturated carbocycles. The number of piperidine rings is 1. The molecule has 0 amide bonds. The molecular formula is C23H28N4O. The normalized spacial score (nSPS) is 14.5. The van der Waals surface area contributed by atoms with Crippen molar-refractivity contribution in [2.24, 2.45) is 0 Å². The van der Waals surface area contributed by atoms with Gasteiger partial charge in [0.2, 0.25) is 5.95 Å². The van der Waals surface area contributed by atoms with E-state index in [9.17, 15) is 0 Å². The number of nitrogens with zero attached hydrogens (tertiary/aromatic N) is 3. The third-order valence-electron chi connectivity index (χ3n) is 5.39. The molecule has 0 unspecified atom stereocenters. The van der Waals surface area contributed by atoms with Gasteiger partial charge in [0.05, 0.1) is 12.6 Å². The summed E-state index contributed by atoms with van der Waals surface area (Å²) < 4.78 is 5.56. The molecule has 4 rings (SSSR count). The Labute approximate surface area is 166 Å². The van der Waals surface area contributed by atoms with Crippen LogP contribution in [0.5, 0.6) is 5.75 Å². The molecule has 0 aliphatic carbocycles. The zero-order valence-corrected chi connectivity index (χ0v) is 16.9. The Kier molecular flexibility index (Phi) is 5.33. The summed E-state index contributed by atoms with van der Waals surface area (Å²) in [6.07, 6.45) is 5.79. The monoisotopic (exact) mass is 376 g/mol. The van der Waals surface area contributed by atoms with Gasteiger partial charge in [-0.05, 0) is 61.6 Å². The molecule has 0 spiro atoms. The summed E-state index contributed by atoms with van der Waals surface area (Å²) in [4.78, 5) is 11.8. The lowest BCUT2D eigenvalue weighted by Gasteiger charge is -2.28. The molecule has 5 heteroatoms. The molecule has 2 heterocycles. The van der Waals surface area contributed by atoms with Crippen molar-refractivity contribution >= 4 is 28.2 Å². The van der Waals surface area contributed by atoms with Gasteiger partial charge in [-0.3, -0.25) is 0 Å². The first-order valence-electron chi connectivity index (χ1n) is 10.1. The number of aromatic nitrogens is 2. The molecule has 1 aliphatic heterocycles. The minimum Gasteiger partial charge on any atom is -0.496 e. The van der Waals surface area contributed by atoms with Crippen LogP contribution in [0.4, 0.5) is 17.3 Å². The Bertz CT molecular complexity index is 947. The van der Waals surface area contributed by atoms with E-state index in [4.69, 9.17) is 9.72 Å². The molecule has 0 atom stereocenters.